The molecule has 104 valence electrons. The predicted octanol–water partition coefficient (Wildman–Crippen LogP) is 4.76. The van der Waals surface area contributed by atoms with Crippen molar-refractivity contribution in [3.8, 4) is 0 Å². The van der Waals surface area contributed by atoms with Crippen molar-refractivity contribution in [1.82, 2.24) is 5.32 Å². The predicted molar refractivity (Wildman–Crippen MR) is 78.6 cm³/mol. The molecule has 1 aliphatic rings. The fourth-order valence-electron chi connectivity index (χ4n) is 2.73. The molecule has 0 aromatic heterocycles. The van der Waals surface area contributed by atoms with E-state index in [1.54, 1.807) is 17.7 Å². The van der Waals surface area contributed by atoms with Crippen molar-refractivity contribution in [3.05, 3.63) is 47.3 Å². The molecule has 0 saturated heterocycles. The molecule has 0 amide bonds. The zero-order valence-corrected chi connectivity index (χ0v) is 11.8. The van der Waals surface area contributed by atoms with Crippen LogP contribution in [-0.2, 0) is 0 Å². The van der Waals surface area contributed by atoms with E-state index in [1.807, 2.05) is 12.1 Å². The standard InChI is InChI=1S/C17H24FN/c1-2-17(15-8-10-16(18)11-9-15)19-13-12-14-6-4-3-5-7-14/h6,8-11,17,19H,2-5,7,12-13H2,1H3. The Balaban J connectivity index is 1.82. The van der Waals surface area contributed by atoms with Crippen molar-refractivity contribution < 1.29 is 4.39 Å². The number of nitrogens with one attached hydrogen (secondary N) is 1. The van der Waals surface area contributed by atoms with Gasteiger partial charge in [-0.1, -0.05) is 30.7 Å². The molecule has 1 aliphatic carbocycles. The van der Waals surface area contributed by atoms with Gasteiger partial charge in [-0.25, -0.2) is 4.39 Å². The molecule has 0 aliphatic heterocycles. The van der Waals surface area contributed by atoms with E-state index in [9.17, 15) is 4.39 Å². The first-order valence-corrected chi connectivity index (χ1v) is 7.46. The molecule has 19 heavy (non-hydrogen) atoms. The third-order valence-corrected chi connectivity index (χ3v) is 3.90. The van der Waals surface area contributed by atoms with Gasteiger partial charge >= 0.3 is 0 Å². The highest BCUT2D eigenvalue weighted by atomic mass is 19.1. The van der Waals surface area contributed by atoms with E-state index in [0.29, 0.717) is 6.04 Å². The van der Waals surface area contributed by atoms with Crippen LogP contribution in [0.4, 0.5) is 4.39 Å². The van der Waals surface area contributed by atoms with Gasteiger partial charge in [0, 0.05) is 6.04 Å². The highest BCUT2D eigenvalue weighted by Gasteiger charge is 2.09. The Kier molecular flexibility index (Phi) is 5.59. The summed E-state index contributed by atoms with van der Waals surface area (Å²) in [6.07, 6.45) is 9.82. The summed E-state index contributed by atoms with van der Waals surface area (Å²) in [5.74, 6) is -0.161. The van der Waals surface area contributed by atoms with Crippen LogP contribution in [0.2, 0.25) is 0 Å². The Morgan fingerprint density at radius 2 is 2.00 bits per heavy atom. The molecule has 1 aromatic carbocycles. The molecule has 0 fully saturated rings. The van der Waals surface area contributed by atoms with E-state index < -0.39 is 0 Å². The van der Waals surface area contributed by atoms with Crippen LogP contribution in [0.15, 0.2) is 35.9 Å². The molecule has 1 aromatic rings. The molecule has 1 atom stereocenters. The number of hydrogen-bond acceptors (Lipinski definition) is 1. The molecule has 0 heterocycles. The van der Waals surface area contributed by atoms with Crippen LogP contribution < -0.4 is 5.32 Å². The molecule has 1 unspecified atom stereocenters. The minimum atomic E-state index is -0.161. The largest absolute Gasteiger partial charge is 0.310 e. The second kappa shape index (κ2) is 7.44. The first kappa shape index (κ1) is 14.3. The molecule has 0 bridgehead atoms. The van der Waals surface area contributed by atoms with Crippen molar-refractivity contribution in [2.45, 2.75) is 51.5 Å². The van der Waals surface area contributed by atoms with Gasteiger partial charge < -0.3 is 5.32 Å². The van der Waals surface area contributed by atoms with E-state index in [0.717, 1.165) is 19.4 Å². The van der Waals surface area contributed by atoms with Crippen LogP contribution in [0.25, 0.3) is 0 Å². The van der Waals surface area contributed by atoms with Gasteiger partial charge in [0.05, 0.1) is 0 Å². The van der Waals surface area contributed by atoms with Crippen LogP contribution in [0.1, 0.15) is 57.1 Å². The molecular weight excluding hydrogens is 237 g/mol. The van der Waals surface area contributed by atoms with Gasteiger partial charge in [-0.15, -0.1) is 0 Å². The Bertz CT molecular complexity index is 408. The van der Waals surface area contributed by atoms with E-state index in [1.165, 1.54) is 31.2 Å². The highest BCUT2D eigenvalue weighted by Crippen LogP contribution is 2.21. The Morgan fingerprint density at radius 3 is 2.63 bits per heavy atom. The smallest absolute Gasteiger partial charge is 0.123 e. The molecule has 2 rings (SSSR count). The second-order valence-corrected chi connectivity index (χ2v) is 5.32. The van der Waals surface area contributed by atoms with E-state index >= 15 is 0 Å². The van der Waals surface area contributed by atoms with Crippen LogP contribution in [0.5, 0.6) is 0 Å². The van der Waals surface area contributed by atoms with E-state index in [4.69, 9.17) is 0 Å². The van der Waals surface area contributed by atoms with Gasteiger partial charge in [0.2, 0.25) is 0 Å². The maximum absolute atomic E-state index is 12.9. The average molecular weight is 261 g/mol. The maximum atomic E-state index is 12.9. The van der Waals surface area contributed by atoms with Crippen LogP contribution in [0.3, 0.4) is 0 Å². The molecule has 2 heteroatoms. The van der Waals surface area contributed by atoms with E-state index in [-0.39, 0.29) is 5.82 Å². The van der Waals surface area contributed by atoms with Crippen LogP contribution >= 0.6 is 0 Å². The quantitative estimate of drug-likeness (QED) is 0.728. The van der Waals surface area contributed by atoms with Crippen molar-refractivity contribution in [3.63, 3.8) is 0 Å². The summed E-state index contributed by atoms with van der Waals surface area (Å²) in [6.45, 7) is 3.18. The lowest BCUT2D eigenvalue weighted by Gasteiger charge is -2.19. The number of benzene rings is 1. The third-order valence-electron chi connectivity index (χ3n) is 3.90. The van der Waals surface area contributed by atoms with Crippen molar-refractivity contribution >= 4 is 0 Å². The molecule has 0 radical (unpaired) electrons. The summed E-state index contributed by atoms with van der Waals surface area (Å²) in [5.41, 5.74) is 2.79. The van der Waals surface area contributed by atoms with Gasteiger partial charge in [-0.2, -0.15) is 0 Å². The van der Waals surface area contributed by atoms with Crippen LogP contribution in [-0.4, -0.2) is 6.54 Å². The number of allylic oxidation sites excluding steroid dienone is 1. The summed E-state index contributed by atoms with van der Waals surface area (Å²) in [7, 11) is 0. The first-order chi connectivity index (χ1) is 9.29. The summed E-state index contributed by atoms with van der Waals surface area (Å²) in [6, 6.07) is 7.20. The fraction of sp³-hybridized carbons (Fsp3) is 0.529. The zero-order valence-electron chi connectivity index (χ0n) is 11.8. The highest BCUT2D eigenvalue weighted by molar-refractivity contribution is 5.19. The van der Waals surface area contributed by atoms with Gasteiger partial charge in [0.25, 0.3) is 0 Å². The van der Waals surface area contributed by atoms with Gasteiger partial charge in [0.1, 0.15) is 5.82 Å². The van der Waals surface area contributed by atoms with Crippen LogP contribution in [0, 0.1) is 5.82 Å². The summed E-state index contributed by atoms with van der Waals surface area (Å²) >= 11 is 0. The zero-order chi connectivity index (χ0) is 13.5. The Morgan fingerprint density at radius 1 is 1.21 bits per heavy atom. The normalized spacial score (nSPS) is 17.1. The van der Waals surface area contributed by atoms with Gasteiger partial charge in [0.15, 0.2) is 0 Å². The second-order valence-electron chi connectivity index (χ2n) is 5.32. The fourth-order valence-corrected chi connectivity index (χ4v) is 2.73. The van der Waals surface area contributed by atoms with Crippen molar-refractivity contribution in [1.29, 1.82) is 0 Å². The number of rotatable bonds is 6. The summed E-state index contributed by atoms with van der Waals surface area (Å²) < 4.78 is 12.9. The topological polar surface area (TPSA) is 12.0 Å². The molecule has 1 N–H and O–H groups in total. The Hall–Kier alpha value is -1.15. The minimum absolute atomic E-state index is 0.161. The SMILES string of the molecule is CCC(NCCC1=CCCCC1)c1ccc(F)cc1. The Labute approximate surface area is 115 Å². The number of hydrogen-bond donors (Lipinski definition) is 1. The van der Waals surface area contributed by atoms with Crippen molar-refractivity contribution in [2.24, 2.45) is 0 Å². The van der Waals surface area contributed by atoms with Gasteiger partial charge in [-0.3, -0.25) is 0 Å². The third kappa shape index (κ3) is 4.46. The number of halogens is 1. The first-order valence-electron chi connectivity index (χ1n) is 7.46. The average Bonchev–Trinajstić information content (AvgIpc) is 2.46. The monoisotopic (exact) mass is 261 g/mol. The van der Waals surface area contributed by atoms with Gasteiger partial charge in [-0.05, 0) is 62.8 Å². The van der Waals surface area contributed by atoms with Crippen molar-refractivity contribution in [2.75, 3.05) is 6.54 Å². The molecule has 0 saturated carbocycles. The maximum Gasteiger partial charge on any atom is 0.123 e. The molecular formula is C17H24FN. The summed E-state index contributed by atoms with van der Waals surface area (Å²) in [4.78, 5) is 0. The molecule has 0 spiro atoms. The van der Waals surface area contributed by atoms with E-state index in [2.05, 4.69) is 18.3 Å². The molecule has 1 nitrogen and oxygen atoms in total. The summed E-state index contributed by atoms with van der Waals surface area (Å²) in [5, 5.41) is 3.59. The minimum Gasteiger partial charge on any atom is -0.310 e. The lowest BCUT2D eigenvalue weighted by molar-refractivity contribution is 0.514. The lowest BCUT2D eigenvalue weighted by Crippen LogP contribution is -2.22. The lowest BCUT2D eigenvalue weighted by atomic mass is 9.97.